The summed E-state index contributed by atoms with van der Waals surface area (Å²) in [6, 6.07) is -0.0618. The molecule has 1 amide bonds. The molecule has 1 atom stereocenters. The summed E-state index contributed by atoms with van der Waals surface area (Å²) in [7, 11) is 1.94. The molecule has 1 aliphatic rings. The number of nitrogens with zero attached hydrogens (tertiary/aromatic N) is 4. The molecule has 3 heterocycles. The second-order valence-corrected chi connectivity index (χ2v) is 7.28. The fourth-order valence-electron chi connectivity index (χ4n) is 3.13. The SMILES string of the molecule is Cc1sc(=O)n(CCC(=O)N2CCNCC2c2nccn2C)c1C. The van der Waals surface area contributed by atoms with Crippen LogP contribution < -0.4 is 10.2 Å². The van der Waals surface area contributed by atoms with Gasteiger partial charge in [-0.05, 0) is 13.8 Å². The highest BCUT2D eigenvalue weighted by Crippen LogP contribution is 2.21. The normalized spacial score (nSPS) is 18.1. The van der Waals surface area contributed by atoms with Crippen LogP contribution in [0.1, 0.15) is 28.9 Å². The summed E-state index contributed by atoms with van der Waals surface area (Å²) in [5.41, 5.74) is 0.957. The molecule has 1 unspecified atom stereocenters. The third-order valence-electron chi connectivity index (χ3n) is 4.64. The summed E-state index contributed by atoms with van der Waals surface area (Å²) in [6.45, 7) is 6.45. The lowest BCUT2D eigenvalue weighted by molar-refractivity contribution is -0.135. The maximum atomic E-state index is 12.8. The first kappa shape index (κ1) is 16.9. The van der Waals surface area contributed by atoms with Crippen LogP contribution in [0.3, 0.4) is 0 Å². The summed E-state index contributed by atoms with van der Waals surface area (Å²) in [6.07, 6.45) is 3.98. The van der Waals surface area contributed by atoms with Gasteiger partial charge in [0.15, 0.2) is 0 Å². The molecule has 130 valence electrons. The minimum absolute atomic E-state index is 0.0127. The number of nitrogens with one attached hydrogen (secondary N) is 1. The smallest absolute Gasteiger partial charge is 0.307 e. The highest BCUT2D eigenvalue weighted by molar-refractivity contribution is 7.09. The first-order valence-corrected chi connectivity index (χ1v) is 8.95. The molecule has 8 heteroatoms. The molecule has 0 aromatic carbocycles. The number of aryl methyl sites for hydroxylation is 2. The van der Waals surface area contributed by atoms with Crippen molar-refractivity contribution in [3.8, 4) is 0 Å². The van der Waals surface area contributed by atoms with Gasteiger partial charge in [-0.25, -0.2) is 4.98 Å². The van der Waals surface area contributed by atoms with Gasteiger partial charge in [0.25, 0.3) is 0 Å². The van der Waals surface area contributed by atoms with E-state index in [-0.39, 0.29) is 16.8 Å². The Morgan fingerprint density at radius 2 is 2.25 bits per heavy atom. The topological polar surface area (TPSA) is 72.2 Å². The van der Waals surface area contributed by atoms with Crippen LogP contribution in [0.15, 0.2) is 17.2 Å². The van der Waals surface area contributed by atoms with Crippen LogP contribution in [0.2, 0.25) is 0 Å². The molecule has 24 heavy (non-hydrogen) atoms. The van der Waals surface area contributed by atoms with E-state index in [0.717, 1.165) is 22.9 Å². The maximum absolute atomic E-state index is 12.8. The molecule has 7 nitrogen and oxygen atoms in total. The first-order chi connectivity index (χ1) is 11.5. The van der Waals surface area contributed by atoms with Crippen molar-refractivity contribution in [1.29, 1.82) is 0 Å². The molecule has 3 rings (SSSR count). The van der Waals surface area contributed by atoms with Crippen LogP contribution in [-0.4, -0.2) is 44.6 Å². The molecule has 0 bridgehead atoms. The van der Waals surface area contributed by atoms with Gasteiger partial charge in [0, 0.05) is 62.6 Å². The molecule has 2 aromatic rings. The molecule has 0 saturated carbocycles. The molecular weight excluding hydrogens is 326 g/mol. The Hall–Kier alpha value is -1.93. The third kappa shape index (κ3) is 3.16. The van der Waals surface area contributed by atoms with Crippen LogP contribution >= 0.6 is 11.3 Å². The van der Waals surface area contributed by atoms with Crippen LogP contribution in [0.25, 0.3) is 0 Å². The zero-order chi connectivity index (χ0) is 17.3. The van der Waals surface area contributed by atoms with Crippen molar-refractivity contribution < 1.29 is 4.79 Å². The molecule has 1 N–H and O–H groups in total. The summed E-state index contributed by atoms with van der Waals surface area (Å²) in [4.78, 5) is 32.1. The first-order valence-electron chi connectivity index (χ1n) is 8.13. The Bertz CT molecular complexity index is 791. The molecular formula is C16H23N5O2S. The van der Waals surface area contributed by atoms with Gasteiger partial charge in [-0.1, -0.05) is 11.3 Å². The Kier molecular flexibility index (Phi) is 4.86. The van der Waals surface area contributed by atoms with Crippen molar-refractivity contribution in [3.63, 3.8) is 0 Å². The zero-order valence-electron chi connectivity index (χ0n) is 14.3. The van der Waals surface area contributed by atoms with Crippen molar-refractivity contribution in [3.05, 3.63) is 38.5 Å². The molecule has 0 spiro atoms. The van der Waals surface area contributed by atoms with Crippen molar-refractivity contribution in [2.24, 2.45) is 7.05 Å². The monoisotopic (exact) mass is 349 g/mol. The molecule has 1 fully saturated rings. The molecule has 0 aliphatic carbocycles. The van der Waals surface area contributed by atoms with Crippen molar-refractivity contribution in [1.82, 2.24) is 24.3 Å². The largest absolute Gasteiger partial charge is 0.336 e. The van der Waals surface area contributed by atoms with E-state index in [2.05, 4.69) is 10.3 Å². The fourth-order valence-corrected chi connectivity index (χ4v) is 3.99. The highest BCUT2D eigenvalue weighted by Gasteiger charge is 2.30. The van der Waals surface area contributed by atoms with Gasteiger partial charge in [-0.2, -0.15) is 0 Å². The van der Waals surface area contributed by atoms with Crippen LogP contribution in [-0.2, 0) is 18.4 Å². The van der Waals surface area contributed by atoms with E-state index >= 15 is 0 Å². The minimum atomic E-state index is -0.0618. The molecule has 0 radical (unpaired) electrons. The summed E-state index contributed by atoms with van der Waals surface area (Å²) in [5, 5.41) is 3.33. The Balaban J connectivity index is 1.73. The lowest BCUT2D eigenvalue weighted by Gasteiger charge is -2.35. The van der Waals surface area contributed by atoms with E-state index in [1.54, 1.807) is 10.8 Å². The van der Waals surface area contributed by atoms with Gasteiger partial charge in [-0.3, -0.25) is 9.59 Å². The minimum Gasteiger partial charge on any atom is -0.336 e. The van der Waals surface area contributed by atoms with E-state index in [1.165, 1.54) is 11.3 Å². The number of hydrogen-bond donors (Lipinski definition) is 1. The van der Waals surface area contributed by atoms with Gasteiger partial charge in [0.05, 0.1) is 0 Å². The number of aromatic nitrogens is 3. The van der Waals surface area contributed by atoms with Gasteiger partial charge in [0.2, 0.25) is 5.91 Å². The number of carbonyl (C=O) groups excluding carboxylic acids is 1. The second-order valence-electron chi connectivity index (χ2n) is 6.11. The van der Waals surface area contributed by atoms with E-state index in [1.807, 2.05) is 36.6 Å². The Morgan fingerprint density at radius 3 is 2.88 bits per heavy atom. The number of amides is 1. The van der Waals surface area contributed by atoms with E-state index in [0.29, 0.717) is 26.1 Å². The van der Waals surface area contributed by atoms with Crippen LogP contribution in [0, 0.1) is 13.8 Å². The van der Waals surface area contributed by atoms with E-state index in [4.69, 9.17) is 0 Å². The number of imidazole rings is 1. The molecule has 2 aromatic heterocycles. The second kappa shape index (κ2) is 6.90. The summed E-state index contributed by atoms with van der Waals surface area (Å²) >= 11 is 1.24. The predicted molar refractivity (Wildman–Crippen MR) is 93.2 cm³/mol. The number of hydrogen-bond acceptors (Lipinski definition) is 5. The summed E-state index contributed by atoms with van der Waals surface area (Å²) < 4.78 is 3.66. The average Bonchev–Trinajstić information content (AvgIpc) is 3.09. The van der Waals surface area contributed by atoms with E-state index < -0.39 is 0 Å². The van der Waals surface area contributed by atoms with Crippen LogP contribution in [0.5, 0.6) is 0 Å². The summed E-state index contributed by atoms with van der Waals surface area (Å²) in [5.74, 6) is 0.954. The Morgan fingerprint density at radius 1 is 1.46 bits per heavy atom. The standard InChI is InChI=1S/C16H23N5O2S/c1-11-12(2)24-16(23)20(11)7-4-14(22)21-9-5-17-10-13(21)15-18-6-8-19(15)3/h6,8,13,17H,4-5,7,9-10H2,1-3H3. The number of piperazine rings is 1. The van der Waals surface area contributed by atoms with Gasteiger partial charge in [0.1, 0.15) is 11.9 Å². The maximum Gasteiger partial charge on any atom is 0.307 e. The molecule has 1 saturated heterocycles. The Labute approximate surface area is 144 Å². The predicted octanol–water partition coefficient (Wildman–Crippen LogP) is 0.823. The van der Waals surface area contributed by atoms with E-state index in [9.17, 15) is 9.59 Å². The lowest BCUT2D eigenvalue weighted by Crippen LogP contribution is -2.49. The molecule has 1 aliphatic heterocycles. The highest BCUT2D eigenvalue weighted by atomic mass is 32.1. The van der Waals surface area contributed by atoms with Crippen LogP contribution in [0.4, 0.5) is 0 Å². The zero-order valence-corrected chi connectivity index (χ0v) is 15.1. The van der Waals surface area contributed by atoms with Crippen molar-refractivity contribution >= 4 is 17.2 Å². The number of thiazole rings is 1. The van der Waals surface area contributed by atoms with Crippen molar-refractivity contribution in [2.45, 2.75) is 32.9 Å². The van der Waals surface area contributed by atoms with Gasteiger partial charge >= 0.3 is 4.87 Å². The van der Waals surface area contributed by atoms with Gasteiger partial charge in [-0.15, -0.1) is 0 Å². The number of carbonyl (C=O) groups is 1. The quantitative estimate of drug-likeness (QED) is 0.887. The number of rotatable bonds is 4. The average molecular weight is 349 g/mol. The fraction of sp³-hybridized carbons (Fsp3) is 0.562. The third-order valence-corrected chi connectivity index (χ3v) is 5.64. The van der Waals surface area contributed by atoms with Crippen molar-refractivity contribution in [2.75, 3.05) is 19.6 Å². The lowest BCUT2D eigenvalue weighted by atomic mass is 10.1. The van der Waals surface area contributed by atoms with Gasteiger partial charge < -0.3 is 19.4 Å².